The van der Waals surface area contributed by atoms with Crippen molar-refractivity contribution in [3.05, 3.63) is 121 Å². The van der Waals surface area contributed by atoms with Crippen molar-refractivity contribution in [1.29, 1.82) is 0 Å². The van der Waals surface area contributed by atoms with Crippen LogP contribution in [0.5, 0.6) is 0 Å². The van der Waals surface area contributed by atoms with Crippen LogP contribution in [0.2, 0.25) is 17.3 Å². The average Bonchev–Trinajstić information content (AvgIpc) is 3.63. The average molecular weight is 850 g/mol. The normalized spacial score (nSPS) is 14.0. The second kappa shape index (κ2) is 13.3. The van der Waals surface area contributed by atoms with E-state index in [0.717, 1.165) is 38.6 Å². The molecule has 6 heteroatoms. The number of imidazole rings is 1. The van der Waals surface area contributed by atoms with Gasteiger partial charge in [0, 0.05) is 15.7 Å². The molecule has 0 N–H and O–H groups in total. The Bertz CT molecular complexity index is 2340. The van der Waals surface area contributed by atoms with Crippen molar-refractivity contribution in [3.8, 4) is 16.9 Å². The zero-order valence-electron chi connectivity index (χ0n) is 32.2. The number of hydrogen-bond acceptors (Lipinski definition) is 2. The third-order valence-corrected chi connectivity index (χ3v) is 12.3. The van der Waals surface area contributed by atoms with E-state index in [1.165, 1.54) is 4.40 Å². The van der Waals surface area contributed by atoms with Crippen LogP contribution in [0.15, 0.2) is 95.5 Å². The van der Waals surface area contributed by atoms with Gasteiger partial charge in [-0.25, -0.2) is 0 Å². The number of furan rings is 1. The summed E-state index contributed by atoms with van der Waals surface area (Å²) in [5.41, 5.74) is 6.11. The van der Waals surface area contributed by atoms with E-state index in [2.05, 4.69) is 52.8 Å². The number of aryl methyl sites for hydroxylation is 2. The summed E-state index contributed by atoms with van der Waals surface area (Å²) in [6.45, 7) is 3.79. The quantitative estimate of drug-likeness (QED) is 0.101. The number of fused-ring (bicyclic) bond motifs is 4. The van der Waals surface area contributed by atoms with Crippen molar-refractivity contribution >= 4 is 50.6 Å². The fraction of sp³-hybridized carbons (Fsp3) is 0.250. The molecule has 0 aliphatic carbocycles. The molecule has 3 aromatic heterocycles. The van der Waals surface area contributed by atoms with Crippen molar-refractivity contribution in [2.24, 2.45) is 0 Å². The van der Waals surface area contributed by atoms with Crippen LogP contribution in [0.1, 0.15) is 45.7 Å². The first-order chi connectivity index (χ1) is 23.3. The standard InChI is InChI=1S/C22H20NO.C18H21GeN2.Ir/c1-14-12-19(23-13-18(14)22(2,3)4)17-10-7-9-16-15-8-5-6-11-20(15)24-21(16)17;1-5-20-14-21(18-12-7-6-11-17(18)20)16-10-8-9-15(13-16)19(2,3)4;/h5-9,11-13H,1-4H3;6-9,11-13H,5H2,1-4H3;/q2*-1;+3/i1D3;5D2;. The number of para-hydroxylation sites is 3. The van der Waals surface area contributed by atoms with E-state index in [4.69, 9.17) is 11.3 Å². The van der Waals surface area contributed by atoms with Gasteiger partial charge in [0.05, 0.1) is 5.58 Å². The van der Waals surface area contributed by atoms with Crippen LogP contribution >= 0.6 is 0 Å². The molecule has 0 saturated carbocycles. The predicted molar refractivity (Wildman–Crippen MR) is 189 cm³/mol. The zero-order valence-corrected chi connectivity index (χ0v) is 31.7. The number of pyridine rings is 1. The number of benzene rings is 4. The van der Waals surface area contributed by atoms with Gasteiger partial charge < -0.3 is 9.40 Å². The summed E-state index contributed by atoms with van der Waals surface area (Å²) in [5.74, 6) is 7.09. The molecule has 0 saturated heterocycles. The van der Waals surface area contributed by atoms with Gasteiger partial charge in [0.25, 0.3) is 0 Å². The predicted octanol–water partition coefficient (Wildman–Crippen LogP) is 9.14. The largest absolute Gasteiger partial charge is 3.00 e. The summed E-state index contributed by atoms with van der Waals surface area (Å²) in [7, 11) is 0. The van der Waals surface area contributed by atoms with Crippen molar-refractivity contribution in [3.63, 3.8) is 0 Å². The zero-order chi connectivity index (χ0) is 36.2. The molecule has 0 amide bonds. The molecule has 0 fully saturated rings. The first-order valence-electron chi connectivity index (χ1n) is 17.7. The third kappa shape index (κ3) is 6.64. The van der Waals surface area contributed by atoms with Crippen LogP contribution in [-0.4, -0.2) is 22.8 Å². The summed E-state index contributed by atoms with van der Waals surface area (Å²) in [6.07, 6.45) is 4.85. The summed E-state index contributed by atoms with van der Waals surface area (Å²) in [6, 6.07) is 33.8. The molecule has 0 spiro atoms. The van der Waals surface area contributed by atoms with E-state index < -0.39 is 26.6 Å². The van der Waals surface area contributed by atoms with E-state index in [0.29, 0.717) is 22.4 Å². The molecular weight excluding hydrogens is 803 g/mol. The Morgan fingerprint density at radius 1 is 0.957 bits per heavy atom. The molecule has 0 aliphatic heterocycles. The maximum absolute atomic E-state index is 8.06. The minimum absolute atomic E-state index is 0. The summed E-state index contributed by atoms with van der Waals surface area (Å²) >= 11 is -1.94. The summed E-state index contributed by atoms with van der Waals surface area (Å²) in [4.78, 5) is 4.57. The fourth-order valence-electron chi connectivity index (χ4n) is 5.52. The van der Waals surface area contributed by atoms with Gasteiger partial charge in [-0.15, -0.1) is 18.2 Å². The van der Waals surface area contributed by atoms with Gasteiger partial charge in [-0.3, -0.25) is 0 Å². The summed E-state index contributed by atoms with van der Waals surface area (Å²) < 4.78 is 51.0. The minimum Gasteiger partial charge on any atom is -0.501 e. The van der Waals surface area contributed by atoms with Gasteiger partial charge in [0.1, 0.15) is 5.58 Å². The number of nitrogens with zero attached hydrogens (tertiary/aromatic N) is 3. The molecule has 0 radical (unpaired) electrons. The smallest absolute Gasteiger partial charge is 0.501 e. The van der Waals surface area contributed by atoms with Crippen LogP contribution in [-0.2, 0) is 32.0 Å². The topological polar surface area (TPSA) is 34.8 Å². The van der Waals surface area contributed by atoms with Gasteiger partial charge in [-0.2, -0.15) is 0 Å². The Labute approximate surface area is 296 Å². The van der Waals surface area contributed by atoms with Crippen LogP contribution in [0.25, 0.3) is 49.9 Å². The molecule has 0 atom stereocenters. The van der Waals surface area contributed by atoms with Crippen molar-refractivity contribution in [1.82, 2.24) is 9.55 Å². The van der Waals surface area contributed by atoms with Gasteiger partial charge in [0.15, 0.2) is 0 Å². The molecule has 0 unspecified atom stereocenters. The third-order valence-electron chi connectivity index (χ3n) is 7.99. The van der Waals surface area contributed by atoms with Crippen molar-refractivity contribution in [2.75, 3.05) is 0 Å². The van der Waals surface area contributed by atoms with E-state index >= 15 is 0 Å². The molecule has 234 valence electrons. The van der Waals surface area contributed by atoms with Gasteiger partial charge >= 0.3 is 152 Å². The maximum Gasteiger partial charge on any atom is 3.00 e. The molecule has 7 rings (SSSR count). The maximum atomic E-state index is 8.06. The summed E-state index contributed by atoms with van der Waals surface area (Å²) in [5, 5.41) is 1.99. The number of rotatable bonds is 4. The molecule has 46 heavy (non-hydrogen) atoms. The Kier molecular flexibility index (Phi) is 7.98. The van der Waals surface area contributed by atoms with Gasteiger partial charge in [-0.1, -0.05) is 61.5 Å². The van der Waals surface area contributed by atoms with Gasteiger partial charge in [0.2, 0.25) is 0 Å². The van der Waals surface area contributed by atoms with Crippen LogP contribution in [0, 0.1) is 25.3 Å². The Morgan fingerprint density at radius 2 is 1.70 bits per heavy atom. The van der Waals surface area contributed by atoms with E-state index in [9.17, 15) is 0 Å². The molecule has 4 nitrogen and oxygen atoms in total. The second-order valence-electron chi connectivity index (χ2n) is 13.3. The van der Waals surface area contributed by atoms with Crippen LogP contribution in [0.3, 0.4) is 0 Å². The Morgan fingerprint density at radius 3 is 2.43 bits per heavy atom. The van der Waals surface area contributed by atoms with Crippen LogP contribution < -0.4 is 8.96 Å². The van der Waals surface area contributed by atoms with Crippen molar-refractivity contribution in [2.45, 2.75) is 63.7 Å². The first kappa shape index (κ1) is 27.6. The number of hydrogen-bond donors (Lipinski definition) is 0. The second-order valence-corrected chi connectivity index (χ2v) is 23.9. The SMILES string of the molecule is [2H]C([2H])(C)[n+]1[c-]n(-c2[c-]cc[c]([Ge]([CH3])([CH3])[CH3])c2)c2ccccc21.[2H]C([2H])([2H])c1cc(-c2[c-]ccc3c2oc2ccccc23)ncc1C(C)(C)C.[Ir+3]. The van der Waals surface area contributed by atoms with E-state index in [1.54, 1.807) is 23.8 Å². The Hall–Kier alpha value is -3.51. The van der Waals surface area contributed by atoms with Crippen molar-refractivity contribution < 1.29 is 35.9 Å². The minimum atomic E-state index is -2.22. The molecule has 0 bridgehead atoms. The molecular formula is C40H41GeIrN3O+. The molecule has 4 aromatic carbocycles. The molecule has 0 aliphatic rings. The van der Waals surface area contributed by atoms with E-state index in [1.807, 2.05) is 92.1 Å². The number of aromatic nitrogens is 3. The monoisotopic (exact) mass is 851 g/mol. The molecule has 3 heterocycles. The van der Waals surface area contributed by atoms with Crippen LogP contribution in [0.4, 0.5) is 0 Å². The van der Waals surface area contributed by atoms with Gasteiger partial charge in [-0.05, 0) is 29.6 Å². The first-order valence-corrected chi connectivity index (χ1v) is 22.5. The Balaban J connectivity index is 0.000000196. The fourth-order valence-corrected chi connectivity index (χ4v) is 7.94. The molecule has 7 aromatic rings. The van der Waals surface area contributed by atoms with E-state index in [-0.39, 0.29) is 25.5 Å².